The second-order valence-electron chi connectivity index (χ2n) is 7.70. The van der Waals surface area contributed by atoms with Gasteiger partial charge in [-0.05, 0) is 56.0 Å². The van der Waals surface area contributed by atoms with Crippen LogP contribution < -0.4 is 25.8 Å². The van der Waals surface area contributed by atoms with Gasteiger partial charge in [0.05, 0.1) is 4.90 Å². The van der Waals surface area contributed by atoms with Gasteiger partial charge < -0.3 is 16.7 Å². The lowest BCUT2D eigenvalue weighted by molar-refractivity contribution is -0.605. The fourth-order valence-electron chi connectivity index (χ4n) is 4.10. The summed E-state index contributed by atoms with van der Waals surface area (Å²) in [6.45, 7) is 0. The molecule has 11 nitrogen and oxygen atoms in total. The number of anilines is 1. The van der Waals surface area contributed by atoms with Crippen LogP contribution in [-0.4, -0.2) is 31.9 Å². The zero-order valence-electron chi connectivity index (χ0n) is 17.1. The van der Waals surface area contributed by atoms with Crippen LogP contribution in [0.3, 0.4) is 0 Å². The molecule has 1 amide bonds. The molecule has 0 atom stereocenters. The number of aromatic nitrogens is 1. The van der Waals surface area contributed by atoms with Crippen molar-refractivity contribution in [2.75, 3.05) is 4.90 Å². The van der Waals surface area contributed by atoms with Crippen LogP contribution in [0.2, 0.25) is 0 Å². The quantitative estimate of drug-likeness (QED) is 0.444. The Hall–Kier alpha value is -3.67. The van der Waals surface area contributed by atoms with Crippen molar-refractivity contribution in [1.82, 2.24) is 4.72 Å². The highest BCUT2D eigenvalue weighted by Crippen LogP contribution is 2.39. The van der Waals surface area contributed by atoms with Crippen molar-refractivity contribution in [3.63, 3.8) is 0 Å². The van der Waals surface area contributed by atoms with E-state index >= 15 is 0 Å². The number of nitrogens with one attached hydrogen (secondary N) is 1. The first-order valence-corrected chi connectivity index (χ1v) is 11.5. The monoisotopic (exact) mass is 457 g/mol. The molecule has 0 saturated heterocycles. The molecule has 1 fully saturated rings. The lowest BCUT2D eigenvalue weighted by atomic mass is 9.87. The van der Waals surface area contributed by atoms with Gasteiger partial charge in [0.15, 0.2) is 12.4 Å². The molecule has 0 bridgehead atoms. The van der Waals surface area contributed by atoms with Gasteiger partial charge in [0.2, 0.25) is 11.9 Å². The average molecular weight is 458 g/mol. The highest BCUT2D eigenvalue weighted by atomic mass is 32.2. The fraction of sp³-hybridized carbons (Fsp3) is 0.300. The van der Waals surface area contributed by atoms with Gasteiger partial charge in [-0.3, -0.25) is 9.69 Å². The van der Waals surface area contributed by atoms with E-state index in [9.17, 15) is 18.4 Å². The van der Waals surface area contributed by atoms with Gasteiger partial charge in [-0.25, -0.2) is 18.1 Å². The SMILES string of the molecule is NC1=NC2(CCCCC2)N(c2ccc(S(=O)(=O)NC(=O)c3ccc[n+]([O-])c3)cc2)C(N)=N1. The van der Waals surface area contributed by atoms with E-state index in [4.69, 9.17) is 11.5 Å². The Morgan fingerprint density at radius 1 is 1.12 bits per heavy atom. The minimum absolute atomic E-state index is 0.0744. The summed E-state index contributed by atoms with van der Waals surface area (Å²) in [7, 11) is -4.16. The Morgan fingerprint density at radius 2 is 1.81 bits per heavy atom. The maximum atomic E-state index is 12.7. The van der Waals surface area contributed by atoms with Crippen molar-refractivity contribution >= 4 is 33.5 Å². The van der Waals surface area contributed by atoms with Crippen LogP contribution >= 0.6 is 0 Å². The molecule has 168 valence electrons. The Balaban J connectivity index is 1.59. The van der Waals surface area contributed by atoms with E-state index in [1.807, 2.05) is 4.72 Å². The number of aliphatic imine (C=N–C) groups is 2. The van der Waals surface area contributed by atoms with E-state index in [1.54, 1.807) is 17.0 Å². The van der Waals surface area contributed by atoms with Crippen molar-refractivity contribution in [2.24, 2.45) is 21.5 Å². The van der Waals surface area contributed by atoms with Gasteiger partial charge in [0, 0.05) is 11.8 Å². The van der Waals surface area contributed by atoms with E-state index in [-0.39, 0.29) is 22.4 Å². The summed E-state index contributed by atoms with van der Waals surface area (Å²) in [6.07, 6.45) is 6.68. The maximum Gasteiger partial charge on any atom is 0.271 e. The van der Waals surface area contributed by atoms with E-state index in [2.05, 4.69) is 9.98 Å². The smallest absolute Gasteiger partial charge is 0.271 e. The lowest BCUT2D eigenvalue weighted by Gasteiger charge is -2.45. The standard InChI is InChI=1S/C20H23N7O4S/c21-18-23-19(22)27(20(24-18)10-2-1-3-11-20)15-6-8-16(9-7-15)32(30,31)25-17(28)14-5-4-12-26(29)13-14/h4-9,12-13H,1-3,10-11H2,(H,25,28)(H4,21,22,23,24). The second-order valence-corrected chi connectivity index (χ2v) is 9.38. The van der Waals surface area contributed by atoms with E-state index in [0.29, 0.717) is 10.4 Å². The molecule has 0 radical (unpaired) electrons. The number of nitrogens with two attached hydrogens (primary N) is 2. The van der Waals surface area contributed by atoms with Crippen molar-refractivity contribution in [3.05, 3.63) is 59.6 Å². The van der Waals surface area contributed by atoms with Gasteiger partial charge in [-0.15, -0.1) is 0 Å². The second kappa shape index (κ2) is 8.11. The largest absolute Gasteiger partial charge is 0.619 e. The van der Waals surface area contributed by atoms with Crippen molar-refractivity contribution < 1.29 is 17.9 Å². The zero-order valence-corrected chi connectivity index (χ0v) is 18.0. The van der Waals surface area contributed by atoms with Crippen LogP contribution in [0.1, 0.15) is 42.5 Å². The summed E-state index contributed by atoms with van der Waals surface area (Å²) >= 11 is 0. The van der Waals surface area contributed by atoms with Crippen molar-refractivity contribution in [3.8, 4) is 0 Å². The predicted octanol–water partition coefficient (Wildman–Crippen LogP) is 0.548. The number of benzene rings is 1. The number of sulfonamides is 1. The Morgan fingerprint density at radius 3 is 2.47 bits per heavy atom. The number of rotatable bonds is 4. The number of amides is 1. The van der Waals surface area contributed by atoms with Crippen LogP contribution in [0.15, 0.2) is 63.7 Å². The lowest BCUT2D eigenvalue weighted by Crippen LogP contribution is -2.58. The molecule has 1 aromatic heterocycles. The van der Waals surface area contributed by atoms with Gasteiger partial charge >= 0.3 is 0 Å². The van der Waals surface area contributed by atoms with Gasteiger partial charge in [0.1, 0.15) is 11.2 Å². The number of hydrogen-bond donors (Lipinski definition) is 3. The first-order chi connectivity index (χ1) is 15.2. The Bertz CT molecular complexity index is 1200. The molecule has 2 heterocycles. The number of hydrogen-bond acceptors (Lipinski definition) is 9. The number of nitrogens with zero attached hydrogens (tertiary/aromatic N) is 4. The van der Waals surface area contributed by atoms with E-state index in [1.165, 1.54) is 30.5 Å². The van der Waals surface area contributed by atoms with Crippen molar-refractivity contribution in [2.45, 2.75) is 42.7 Å². The Labute approximate surface area is 185 Å². The number of carbonyl (C=O) groups is 1. The van der Waals surface area contributed by atoms with E-state index in [0.717, 1.165) is 38.3 Å². The molecule has 2 aliphatic rings. The highest BCUT2D eigenvalue weighted by Gasteiger charge is 2.42. The minimum atomic E-state index is -4.16. The molecular weight excluding hydrogens is 434 g/mol. The average Bonchev–Trinajstić information content (AvgIpc) is 2.74. The third kappa shape index (κ3) is 4.08. The Kier molecular flexibility index (Phi) is 5.46. The molecule has 1 spiro atoms. The molecule has 1 aromatic carbocycles. The molecule has 32 heavy (non-hydrogen) atoms. The van der Waals surface area contributed by atoms with Crippen LogP contribution in [0, 0.1) is 5.21 Å². The summed E-state index contributed by atoms with van der Waals surface area (Å²) in [5, 5.41) is 11.3. The molecule has 0 unspecified atom stereocenters. The first-order valence-electron chi connectivity index (χ1n) is 10.1. The van der Waals surface area contributed by atoms with Crippen LogP contribution in [0.4, 0.5) is 5.69 Å². The van der Waals surface area contributed by atoms with Crippen molar-refractivity contribution in [1.29, 1.82) is 0 Å². The van der Waals surface area contributed by atoms with Crippen LogP contribution in [0.25, 0.3) is 0 Å². The number of pyridine rings is 1. The van der Waals surface area contributed by atoms with E-state index < -0.39 is 21.6 Å². The number of guanidine groups is 2. The molecular formula is C20H23N7O4S. The molecule has 12 heteroatoms. The first kappa shape index (κ1) is 21.6. The molecule has 5 N–H and O–H groups in total. The minimum Gasteiger partial charge on any atom is -0.619 e. The molecule has 1 saturated carbocycles. The highest BCUT2D eigenvalue weighted by molar-refractivity contribution is 7.90. The summed E-state index contributed by atoms with van der Waals surface area (Å²) < 4.78 is 27.7. The topological polar surface area (TPSA) is 170 Å². The summed E-state index contributed by atoms with van der Waals surface area (Å²) in [5.41, 5.74) is 11.9. The fourth-order valence-corrected chi connectivity index (χ4v) is 5.07. The van der Waals surface area contributed by atoms with Gasteiger partial charge in [-0.2, -0.15) is 9.72 Å². The maximum absolute atomic E-state index is 12.7. The van der Waals surface area contributed by atoms with Crippen LogP contribution in [-0.2, 0) is 10.0 Å². The molecule has 4 rings (SSSR count). The number of carbonyl (C=O) groups excluding carboxylic acids is 1. The van der Waals surface area contributed by atoms with Crippen LogP contribution in [0.5, 0.6) is 0 Å². The third-order valence-electron chi connectivity index (χ3n) is 5.52. The third-order valence-corrected chi connectivity index (χ3v) is 6.87. The summed E-state index contributed by atoms with van der Waals surface area (Å²) in [4.78, 5) is 22.6. The molecule has 1 aliphatic carbocycles. The normalized spacial score (nSPS) is 18.1. The zero-order chi connectivity index (χ0) is 22.9. The molecule has 1 aliphatic heterocycles. The summed E-state index contributed by atoms with van der Waals surface area (Å²) in [5.74, 6) is -0.584. The predicted molar refractivity (Wildman–Crippen MR) is 118 cm³/mol. The van der Waals surface area contributed by atoms with Gasteiger partial charge in [-0.1, -0.05) is 6.42 Å². The summed E-state index contributed by atoms with van der Waals surface area (Å²) in [6, 6.07) is 8.61. The molecule has 2 aromatic rings. The van der Waals surface area contributed by atoms with Gasteiger partial charge in [0.25, 0.3) is 15.9 Å².